The summed E-state index contributed by atoms with van der Waals surface area (Å²) in [6.07, 6.45) is 1.94. The van der Waals surface area contributed by atoms with Crippen LogP contribution in [0.4, 0.5) is 0 Å². The first-order valence-corrected chi connectivity index (χ1v) is 9.76. The minimum Gasteiger partial charge on any atom is -0.493 e. The highest BCUT2D eigenvalue weighted by atomic mass is 16.5. The molecule has 0 unspecified atom stereocenters. The molecule has 30 heavy (non-hydrogen) atoms. The van der Waals surface area contributed by atoms with E-state index in [2.05, 4.69) is 6.58 Å². The average Bonchev–Trinajstić information content (AvgIpc) is 3.09. The lowest BCUT2D eigenvalue weighted by Crippen LogP contribution is -2.53. The summed E-state index contributed by atoms with van der Waals surface area (Å²) < 4.78 is 10.8. The quantitative estimate of drug-likeness (QED) is 0.480. The first-order chi connectivity index (χ1) is 14.4. The van der Waals surface area contributed by atoms with Gasteiger partial charge in [0.2, 0.25) is 17.7 Å². The molecule has 160 valence electrons. The lowest BCUT2D eigenvalue weighted by atomic mass is 10.1. The monoisotopic (exact) mass is 415 g/mol. The van der Waals surface area contributed by atoms with Crippen molar-refractivity contribution in [2.75, 3.05) is 46.4 Å². The summed E-state index contributed by atoms with van der Waals surface area (Å²) in [5, 5.41) is 0. The van der Waals surface area contributed by atoms with Crippen LogP contribution >= 0.6 is 0 Å². The fourth-order valence-electron chi connectivity index (χ4n) is 3.44. The Balaban J connectivity index is 1.57. The number of nitrogens with zero attached hydrogens (tertiary/aromatic N) is 3. The summed E-state index contributed by atoms with van der Waals surface area (Å²) in [4.78, 5) is 52.9. The molecule has 2 aliphatic rings. The molecule has 0 saturated carbocycles. The number of imide groups is 1. The molecule has 0 aliphatic carbocycles. The maximum absolute atomic E-state index is 12.8. The predicted octanol–water partition coefficient (Wildman–Crippen LogP) is 0.693. The number of carbonyl (C=O) groups is 4. The number of ether oxygens (including phenoxy) is 2. The Kier molecular flexibility index (Phi) is 6.71. The van der Waals surface area contributed by atoms with Gasteiger partial charge in [-0.2, -0.15) is 0 Å². The van der Waals surface area contributed by atoms with E-state index in [4.69, 9.17) is 9.47 Å². The van der Waals surface area contributed by atoms with Crippen molar-refractivity contribution in [3.05, 3.63) is 36.4 Å². The summed E-state index contributed by atoms with van der Waals surface area (Å²) in [6.45, 7) is 5.12. The molecule has 2 fully saturated rings. The first-order valence-electron chi connectivity index (χ1n) is 9.76. The molecule has 2 aliphatic heterocycles. The molecule has 9 nitrogen and oxygen atoms in total. The van der Waals surface area contributed by atoms with Gasteiger partial charge in [0, 0.05) is 44.6 Å². The van der Waals surface area contributed by atoms with E-state index in [-0.39, 0.29) is 43.0 Å². The van der Waals surface area contributed by atoms with Gasteiger partial charge >= 0.3 is 0 Å². The van der Waals surface area contributed by atoms with E-state index in [1.165, 1.54) is 7.11 Å². The molecule has 1 aromatic rings. The Morgan fingerprint density at radius 2 is 1.67 bits per heavy atom. The van der Waals surface area contributed by atoms with Crippen LogP contribution < -0.4 is 9.47 Å². The maximum atomic E-state index is 12.8. The van der Waals surface area contributed by atoms with E-state index in [1.807, 2.05) is 0 Å². The minimum atomic E-state index is -0.309. The second-order valence-electron chi connectivity index (χ2n) is 7.01. The number of rotatable bonds is 7. The van der Waals surface area contributed by atoms with Gasteiger partial charge < -0.3 is 19.3 Å². The van der Waals surface area contributed by atoms with Crippen LogP contribution in [0.15, 0.2) is 30.9 Å². The largest absolute Gasteiger partial charge is 0.493 e. The maximum Gasteiger partial charge on any atom is 0.254 e. The molecule has 1 aromatic carbocycles. The highest BCUT2D eigenvalue weighted by Crippen LogP contribution is 2.28. The van der Waals surface area contributed by atoms with E-state index < -0.39 is 0 Å². The third-order valence-corrected chi connectivity index (χ3v) is 5.14. The van der Waals surface area contributed by atoms with Crippen LogP contribution in [-0.4, -0.2) is 84.8 Å². The van der Waals surface area contributed by atoms with Crippen molar-refractivity contribution in [2.24, 2.45) is 0 Å². The molecule has 9 heteroatoms. The van der Waals surface area contributed by atoms with E-state index in [0.717, 1.165) is 4.90 Å². The van der Waals surface area contributed by atoms with E-state index in [9.17, 15) is 19.2 Å². The number of hydrogen-bond donors (Lipinski definition) is 0. The topological polar surface area (TPSA) is 96.5 Å². The fraction of sp³-hybridized carbons (Fsp3) is 0.429. The van der Waals surface area contributed by atoms with Gasteiger partial charge in [-0.25, -0.2) is 0 Å². The number of amides is 4. The molecular formula is C21H25N3O6. The standard InChI is InChI=1S/C21H25N3O6/c1-3-12-30-16-5-4-15(13-17(16)29-2)21(28)23-10-8-22(9-11-23)20(27)14-24-18(25)6-7-19(24)26/h3-5,13H,1,6-12,14H2,2H3. The molecule has 2 heterocycles. The zero-order valence-corrected chi connectivity index (χ0v) is 17.0. The van der Waals surface area contributed by atoms with Crippen LogP contribution in [-0.2, 0) is 14.4 Å². The summed E-state index contributed by atoms with van der Waals surface area (Å²) >= 11 is 0. The predicted molar refractivity (Wildman–Crippen MR) is 107 cm³/mol. The normalized spacial score (nSPS) is 16.6. The Morgan fingerprint density at radius 3 is 2.27 bits per heavy atom. The lowest BCUT2D eigenvalue weighted by Gasteiger charge is -2.35. The molecule has 2 saturated heterocycles. The summed E-state index contributed by atoms with van der Waals surface area (Å²) in [7, 11) is 1.50. The molecular weight excluding hydrogens is 390 g/mol. The van der Waals surface area contributed by atoms with Crippen molar-refractivity contribution >= 4 is 23.6 Å². The van der Waals surface area contributed by atoms with Crippen LogP contribution in [0.2, 0.25) is 0 Å². The SMILES string of the molecule is C=CCOc1ccc(C(=O)N2CCN(C(=O)CN3C(=O)CCC3=O)CC2)cc1OC. The highest BCUT2D eigenvalue weighted by molar-refractivity contribution is 6.04. The van der Waals surface area contributed by atoms with Gasteiger partial charge in [-0.1, -0.05) is 12.7 Å². The highest BCUT2D eigenvalue weighted by Gasteiger charge is 2.33. The van der Waals surface area contributed by atoms with Crippen LogP contribution in [0.1, 0.15) is 23.2 Å². The molecule has 0 spiro atoms. The Morgan fingerprint density at radius 1 is 1.03 bits per heavy atom. The third kappa shape index (κ3) is 4.61. The summed E-state index contributed by atoms with van der Waals surface area (Å²) in [5.74, 6) is -0.0863. The number of methoxy groups -OCH3 is 1. The number of carbonyl (C=O) groups excluding carboxylic acids is 4. The van der Waals surface area contributed by atoms with Crippen molar-refractivity contribution in [1.82, 2.24) is 14.7 Å². The Hall–Kier alpha value is -3.36. The number of hydrogen-bond acceptors (Lipinski definition) is 6. The number of benzene rings is 1. The van der Waals surface area contributed by atoms with Crippen molar-refractivity contribution in [1.29, 1.82) is 0 Å². The second-order valence-corrected chi connectivity index (χ2v) is 7.01. The zero-order chi connectivity index (χ0) is 21.7. The zero-order valence-electron chi connectivity index (χ0n) is 17.0. The van der Waals surface area contributed by atoms with Gasteiger partial charge in [0.25, 0.3) is 5.91 Å². The van der Waals surface area contributed by atoms with Crippen LogP contribution in [0, 0.1) is 0 Å². The average molecular weight is 415 g/mol. The number of likely N-dealkylation sites (tertiary alicyclic amines) is 1. The molecule has 0 aromatic heterocycles. The molecule has 0 atom stereocenters. The summed E-state index contributed by atoms with van der Waals surface area (Å²) in [6, 6.07) is 4.98. The van der Waals surface area contributed by atoms with Gasteiger partial charge in [0.1, 0.15) is 13.2 Å². The molecule has 3 rings (SSSR count). The molecule has 0 radical (unpaired) electrons. The van der Waals surface area contributed by atoms with Crippen molar-refractivity contribution in [3.8, 4) is 11.5 Å². The van der Waals surface area contributed by atoms with Gasteiger partial charge in [-0.05, 0) is 18.2 Å². The van der Waals surface area contributed by atoms with E-state index in [1.54, 1.807) is 34.1 Å². The lowest BCUT2D eigenvalue weighted by molar-refractivity contribution is -0.146. The van der Waals surface area contributed by atoms with Crippen molar-refractivity contribution in [2.45, 2.75) is 12.8 Å². The van der Waals surface area contributed by atoms with Crippen molar-refractivity contribution in [3.63, 3.8) is 0 Å². The Labute approximate surface area is 174 Å². The van der Waals surface area contributed by atoms with Gasteiger partial charge in [0.15, 0.2) is 11.5 Å². The minimum absolute atomic E-state index is 0.162. The smallest absolute Gasteiger partial charge is 0.254 e. The second kappa shape index (κ2) is 9.43. The molecule has 0 bridgehead atoms. The summed E-state index contributed by atoms with van der Waals surface area (Å²) in [5.41, 5.74) is 0.464. The van der Waals surface area contributed by atoms with Crippen LogP contribution in [0.25, 0.3) is 0 Å². The van der Waals surface area contributed by atoms with E-state index >= 15 is 0 Å². The van der Waals surface area contributed by atoms with Crippen LogP contribution in [0.3, 0.4) is 0 Å². The van der Waals surface area contributed by atoms with E-state index in [0.29, 0.717) is 49.8 Å². The number of piperazine rings is 1. The van der Waals surface area contributed by atoms with Gasteiger partial charge in [0.05, 0.1) is 7.11 Å². The van der Waals surface area contributed by atoms with Crippen LogP contribution in [0.5, 0.6) is 11.5 Å². The van der Waals surface area contributed by atoms with Gasteiger partial charge in [-0.15, -0.1) is 0 Å². The van der Waals surface area contributed by atoms with Crippen molar-refractivity contribution < 1.29 is 28.7 Å². The third-order valence-electron chi connectivity index (χ3n) is 5.14. The first kappa shape index (κ1) is 21.4. The van der Waals surface area contributed by atoms with Gasteiger partial charge in [-0.3, -0.25) is 24.1 Å². The Bertz CT molecular complexity index is 844. The fourth-order valence-corrected chi connectivity index (χ4v) is 3.44. The molecule has 4 amide bonds. The molecule has 0 N–H and O–H groups in total.